The van der Waals surface area contributed by atoms with Crippen molar-refractivity contribution < 1.29 is 23.5 Å². The van der Waals surface area contributed by atoms with Crippen LogP contribution in [-0.2, 0) is 14.3 Å². The molecular formula is C32H29ClN2O6S. The van der Waals surface area contributed by atoms with E-state index < -0.39 is 18.0 Å². The van der Waals surface area contributed by atoms with Crippen LogP contribution in [0.5, 0.6) is 0 Å². The van der Waals surface area contributed by atoms with Gasteiger partial charge in [0, 0.05) is 11.6 Å². The molecule has 2 aromatic heterocycles. The van der Waals surface area contributed by atoms with E-state index in [1.54, 1.807) is 54.8 Å². The number of carbonyl (C=O) groups excluding carboxylic acids is 2. The lowest BCUT2D eigenvalue weighted by molar-refractivity contribution is -0.139. The van der Waals surface area contributed by atoms with Gasteiger partial charge in [-0.1, -0.05) is 61.1 Å². The molecule has 0 spiro atoms. The van der Waals surface area contributed by atoms with Gasteiger partial charge in [-0.3, -0.25) is 9.36 Å². The van der Waals surface area contributed by atoms with Crippen LogP contribution >= 0.6 is 22.9 Å². The normalized spacial score (nSPS) is 15.0. The minimum Gasteiger partial charge on any atom is -0.465 e. The van der Waals surface area contributed by atoms with Crippen molar-refractivity contribution in [3.63, 3.8) is 0 Å². The third-order valence-corrected chi connectivity index (χ3v) is 8.30. The Morgan fingerprint density at radius 2 is 1.86 bits per heavy atom. The maximum absolute atomic E-state index is 13.9. The van der Waals surface area contributed by atoms with E-state index in [9.17, 15) is 14.4 Å². The average molecular weight is 605 g/mol. The van der Waals surface area contributed by atoms with E-state index in [0.717, 1.165) is 11.1 Å². The van der Waals surface area contributed by atoms with Gasteiger partial charge in [-0.15, -0.1) is 0 Å². The van der Waals surface area contributed by atoms with Gasteiger partial charge in [-0.2, -0.15) is 0 Å². The summed E-state index contributed by atoms with van der Waals surface area (Å²) in [5, 5.41) is 0.268. The molecule has 216 valence electrons. The van der Waals surface area contributed by atoms with Crippen LogP contribution in [0.25, 0.3) is 17.4 Å². The summed E-state index contributed by atoms with van der Waals surface area (Å²) in [7, 11) is 1.29. The molecule has 1 atom stereocenters. The highest BCUT2D eigenvalue weighted by Gasteiger charge is 2.33. The Morgan fingerprint density at radius 3 is 2.52 bits per heavy atom. The maximum atomic E-state index is 13.9. The molecule has 5 rings (SSSR count). The van der Waals surface area contributed by atoms with Gasteiger partial charge in [0.1, 0.15) is 11.5 Å². The number of methoxy groups -OCH3 is 1. The monoisotopic (exact) mass is 604 g/mol. The van der Waals surface area contributed by atoms with Crippen LogP contribution in [-0.4, -0.2) is 30.2 Å². The van der Waals surface area contributed by atoms with E-state index in [0.29, 0.717) is 43.6 Å². The highest BCUT2D eigenvalue weighted by Crippen LogP contribution is 2.32. The van der Waals surface area contributed by atoms with Gasteiger partial charge in [0.2, 0.25) is 0 Å². The standard InChI is InChI=1S/C32H29ClN2O6S/c1-6-40-31(38)27-18(4)34-32-35(28(27)20-9-7-19(8-10-20)17(2)3)29(36)26(42-32)16-22-12-14-25(41-22)21-11-13-24(33)23(15-21)30(37)39-5/h7-17,28H,6H2,1-5H3/b26-16-/t28-/m0/s1. The van der Waals surface area contributed by atoms with Crippen LogP contribution in [0.2, 0.25) is 5.02 Å². The number of benzene rings is 2. The Hall–Kier alpha value is -4.21. The van der Waals surface area contributed by atoms with E-state index in [1.165, 1.54) is 18.4 Å². The summed E-state index contributed by atoms with van der Waals surface area (Å²) < 4.78 is 18.1. The number of aromatic nitrogens is 1. The second-order valence-electron chi connectivity index (χ2n) is 10.0. The van der Waals surface area contributed by atoms with Gasteiger partial charge in [0.15, 0.2) is 4.80 Å². The van der Waals surface area contributed by atoms with Crippen molar-refractivity contribution in [2.45, 2.75) is 39.7 Å². The van der Waals surface area contributed by atoms with Crippen LogP contribution in [0.4, 0.5) is 0 Å². The molecule has 0 aliphatic carbocycles. The topological polar surface area (TPSA) is 100 Å². The molecule has 2 aromatic carbocycles. The molecule has 1 aliphatic heterocycles. The predicted octanol–water partition coefficient (Wildman–Crippen LogP) is 5.62. The third-order valence-electron chi connectivity index (χ3n) is 6.99. The zero-order valence-corrected chi connectivity index (χ0v) is 25.3. The molecule has 0 radical (unpaired) electrons. The summed E-state index contributed by atoms with van der Waals surface area (Å²) in [5.74, 6) is 0.195. The number of hydrogen-bond acceptors (Lipinski definition) is 8. The number of furan rings is 1. The van der Waals surface area contributed by atoms with Crippen molar-refractivity contribution in [1.29, 1.82) is 0 Å². The summed E-state index contributed by atoms with van der Waals surface area (Å²) in [6.45, 7) is 7.92. The molecule has 10 heteroatoms. The number of ether oxygens (including phenoxy) is 2. The first kappa shape index (κ1) is 29.3. The Bertz CT molecular complexity index is 1900. The summed E-state index contributed by atoms with van der Waals surface area (Å²) in [5.41, 5.74) is 3.31. The first-order valence-electron chi connectivity index (χ1n) is 13.4. The van der Waals surface area contributed by atoms with Gasteiger partial charge in [0.05, 0.1) is 46.1 Å². The van der Waals surface area contributed by atoms with Crippen LogP contribution in [0.3, 0.4) is 0 Å². The van der Waals surface area contributed by atoms with Gasteiger partial charge in [-0.05, 0) is 61.2 Å². The molecule has 8 nitrogen and oxygen atoms in total. The number of esters is 2. The van der Waals surface area contributed by atoms with Crippen LogP contribution < -0.4 is 14.9 Å². The average Bonchev–Trinajstić information content (AvgIpc) is 3.56. The van der Waals surface area contributed by atoms with E-state index in [1.807, 2.05) is 24.3 Å². The molecule has 0 saturated carbocycles. The SMILES string of the molecule is CCOC(=O)C1=C(C)N=c2s/c(=C\c3ccc(-c4ccc(Cl)c(C(=O)OC)c4)o3)c(=O)n2[C@H]1c1ccc(C(C)C)cc1. The molecule has 0 N–H and O–H groups in total. The molecule has 4 aromatic rings. The summed E-state index contributed by atoms with van der Waals surface area (Å²) in [6.07, 6.45) is 1.65. The number of fused-ring (bicyclic) bond motifs is 1. The van der Waals surface area contributed by atoms with Crippen LogP contribution in [0.1, 0.15) is 66.9 Å². The van der Waals surface area contributed by atoms with Crippen molar-refractivity contribution in [2.24, 2.45) is 4.99 Å². The van der Waals surface area contributed by atoms with E-state index in [-0.39, 0.29) is 22.8 Å². The van der Waals surface area contributed by atoms with Crippen molar-refractivity contribution in [2.75, 3.05) is 13.7 Å². The molecule has 3 heterocycles. The number of nitrogens with zero attached hydrogens (tertiary/aromatic N) is 2. The first-order valence-corrected chi connectivity index (χ1v) is 14.6. The second-order valence-corrected chi connectivity index (χ2v) is 11.4. The molecule has 42 heavy (non-hydrogen) atoms. The molecular weight excluding hydrogens is 576 g/mol. The fraction of sp³-hybridized carbons (Fsp3) is 0.250. The van der Waals surface area contributed by atoms with Crippen LogP contribution in [0, 0.1) is 0 Å². The fourth-order valence-corrected chi connectivity index (χ4v) is 6.05. The molecule has 0 fully saturated rings. The largest absolute Gasteiger partial charge is 0.465 e. The lowest BCUT2D eigenvalue weighted by atomic mass is 9.93. The zero-order chi connectivity index (χ0) is 30.1. The number of allylic oxidation sites excluding steroid dienone is 1. The van der Waals surface area contributed by atoms with Gasteiger partial charge < -0.3 is 13.9 Å². The lowest BCUT2D eigenvalue weighted by Crippen LogP contribution is -2.39. The van der Waals surface area contributed by atoms with E-state index in [4.69, 9.17) is 25.5 Å². The fourth-order valence-electron chi connectivity index (χ4n) is 4.83. The highest BCUT2D eigenvalue weighted by atomic mass is 35.5. The van der Waals surface area contributed by atoms with Crippen molar-refractivity contribution in [1.82, 2.24) is 4.57 Å². The zero-order valence-electron chi connectivity index (χ0n) is 23.8. The van der Waals surface area contributed by atoms with Crippen molar-refractivity contribution in [3.05, 3.63) is 113 Å². The minimum absolute atomic E-state index is 0.203. The van der Waals surface area contributed by atoms with Gasteiger partial charge >= 0.3 is 11.9 Å². The number of halogens is 1. The molecule has 0 saturated heterocycles. The predicted molar refractivity (Wildman–Crippen MR) is 161 cm³/mol. The lowest BCUT2D eigenvalue weighted by Gasteiger charge is -2.25. The Labute approximate surface area is 251 Å². The summed E-state index contributed by atoms with van der Waals surface area (Å²) in [4.78, 5) is 44.2. The minimum atomic E-state index is -0.693. The molecule has 1 aliphatic rings. The molecule has 0 bridgehead atoms. The van der Waals surface area contributed by atoms with Crippen molar-refractivity contribution in [3.8, 4) is 11.3 Å². The highest BCUT2D eigenvalue weighted by molar-refractivity contribution is 7.07. The van der Waals surface area contributed by atoms with Gasteiger partial charge in [-0.25, -0.2) is 14.6 Å². The van der Waals surface area contributed by atoms with Crippen molar-refractivity contribution >= 4 is 41.0 Å². The smallest absolute Gasteiger partial charge is 0.339 e. The summed E-state index contributed by atoms with van der Waals surface area (Å²) in [6, 6.07) is 15.6. The quantitative estimate of drug-likeness (QED) is 0.254. The van der Waals surface area contributed by atoms with Crippen LogP contribution in [0.15, 0.2) is 80.1 Å². The number of thiazole rings is 1. The third kappa shape index (κ3) is 5.49. The molecule has 0 amide bonds. The maximum Gasteiger partial charge on any atom is 0.339 e. The number of rotatable bonds is 7. The second kappa shape index (κ2) is 12.0. The first-order chi connectivity index (χ1) is 20.1. The Kier molecular flexibility index (Phi) is 8.34. The Morgan fingerprint density at radius 1 is 1.12 bits per heavy atom. The summed E-state index contributed by atoms with van der Waals surface area (Å²) >= 11 is 7.37. The van der Waals surface area contributed by atoms with Gasteiger partial charge in [0.25, 0.3) is 5.56 Å². The molecule has 0 unspecified atom stereocenters. The Balaban J connectivity index is 1.60. The number of carbonyl (C=O) groups is 2. The van der Waals surface area contributed by atoms with E-state index >= 15 is 0 Å². The number of hydrogen-bond donors (Lipinski definition) is 0. The van der Waals surface area contributed by atoms with E-state index in [2.05, 4.69) is 18.8 Å².